The van der Waals surface area contributed by atoms with Crippen LogP contribution in [0.3, 0.4) is 0 Å². The van der Waals surface area contributed by atoms with E-state index in [-0.39, 0.29) is 37.7 Å². The van der Waals surface area contributed by atoms with Crippen LogP contribution in [-0.4, -0.2) is 42.0 Å². The molecule has 0 radical (unpaired) electrons. The van der Waals surface area contributed by atoms with Crippen LogP contribution in [0.1, 0.15) is 32.6 Å². The number of nitrogens with one attached hydrogen (secondary N) is 1. The number of hydrogen-bond donors (Lipinski definition) is 1. The molecule has 0 saturated carbocycles. The molecule has 0 bridgehead atoms. The van der Waals surface area contributed by atoms with E-state index >= 15 is 0 Å². The maximum absolute atomic E-state index is 12.0. The molecule has 1 aliphatic heterocycles. The van der Waals surface area contributed by atoms with Gasteiger partial charge in [-0.05, 0) is 19.3 Å². The van der Waals surface area contributed by atoms with Crippen molar-refractivity contribution in [3.63, 3.8) is 0 Å². The molecule has 104 valence electrons. The number of halogens is 3. The lowest BCUT2D eigenvalue weighted by molar-refractivity contribution is -0.146. The Morgan fingerprint density at radius 1 is 1.33 bits per heavy atom. The number of carbonyl (C=O) groups is 2. The first-order chi connectivity index (χ1) is 8.35. The monoisotopic (exact) mass is 266 g/mol. The number of alkyl halides is 3. The highest BCUT2D eigenvalue weighted by Gasteiger charge is 2.33. The summed E-state index contributed by atoms with van der Waals surface area (Å²) in [5, 5.41) is 2.47. The highest BCUT2D eigenvalue weighted by atomic mass is 19.4. The summed E-state index contributed by atoms with van der Waals surface area (Å²) < 4.78 is 35.9. The summed E-state index contributed by atoms with van der Waals surface area (Å²) in [7, 11) is 0. The van der Waals surface area contributed by atoms with E-state index in [1.54, 1.807) is 6.92 Å². The van der Waals surface area contributed by atoms with Crippen molar-refractivity contribution >= 4 is 11.8 Å². The number of piperazine rings is 1. The molecule has 1 fully saturated rings. The third kappa shape index (κ3) is 4.19. The lowest BCUT2D eigenvalue weighted by Crippen LogP contribution is -2.58. The average molecular weight is 266 g/mol. The Morgan fingerprint density at radius 2 is 2.00 bits per heavy atom. The minimum atomic E-state index is -4.16. The summed E-state index contributed by atoms with van der Waals surface area (Å²) in [6, 6.07) is -0.544. The van der Waals surface area contributed by atoms with Crippen LogP contribution in [0.5, 0.6) is 0 Å². The highest BCUT2D eigenvalue weighted by molar-refractivity contribution is 5.94. The molecule has 0 aromatic carbocycles. The fourth-order valence-corrected chi connectivity index (χ4v) is 1.99. The van der Waals surface area contributed by atoms with Gasteiger partial charge in [0.25, 0.3) is 0 Å². The van der Waals surface area contributed by atoms with E-state index in [1.807, 2.05) is 0 Å². The molecule has 18 heavy (non-hydrogen) atoms. The van der Waals surface area contributed by atoms with E-state index < -0.39 is 18.6 Å². The molecular weight excluding hydrogens is 249 g/mol. The molecule has 7 heteroatoms. The molecule has 1 N–H and O–H groups in total. The van der Waals surface area contributed by atoms with Crippen molar-refractivity contribution in [2.24, 2.45) is 0 Å². The lowest BCUT2D eigenvalue weighted by Gasteiger charge is -2.34. The Labute approximate surface area is 104 Å². The van der Waals surface area contributed by atoms with E-state index in [0.717, 1.165) is 0 Å². The normalized spacial score (nSPS) is 21.1. The maximum Gasteiger partial charge on any atom is 0.389 e. The van der Waals surface area contributed by atoms with Gasteiger partial charge in [0, 0.05) is 13.0 Å². The van der Waals surface area contributed by atoms with Crippen molar-refractivity contribution in [3.05, 3.63) is 0 Å². The molecule has 2 amide bonds. The van der Waals surface area contributed by atoms with Gasteiger partial charge in [0.1, 0.15) is 6.04 Å². The zero-order valence-electron chi connectivity index (χ0n) is 10.2. The zero-order chi connectivity index (χ0) is 13.8. The third-order valence-electron chi connectivity index (χ3n) is 2.91. The van der Waals surface area contributed by atoms with E-state index in [2.05, 4.69) is 5.32 Å². The second-order valence-corrected chi connectivity index (χ2v) is 4.30. The van der Waals surface area contributed by atoms with Gasteiger partial charge >= 0.3 is 6.18 Å². The third-order valence-corrected chi connectivity index (χ3v) is 2.91. The van der Waals surface area contributed by atoms with Gasteiger partial charge in [0.2, 0.25) is 11.8 Å². The lowest BCUT2D eigenvalue weighted by atomic mass is 10.1. The molecule has 1 unspecified atom stereocenters. The minimum Gasteiger partial charge on any atom is -0.345 e. The Balaban J connectivity index is 2.42. The zero-order valence-corrected chi connectivity index (χ0v) is 10.2. The largest absolute Gasteiger partial charge is 0.389 e. The Kier molecular flexibility index (Phi) is 4.98. The fraction of sp³-hybridized carbons (Fsp3) is 0.818. The second kappa shape index (κ2) is 6.06. The molecule has 1 aliphatic rings. The number of hydrogen-bond acceptors (Lipinski definition) is 2. The predicted molar refractivity (Wildman–Crippen MR) is 58.7 cm³/mol. The summed E-state index contributed by atoms with van der Waals surface area (Å²) >= 11 is 0. The Bertz CT molecular complexity index is 318. The first-order valence-corrected chi connectivity index (χ1v) is 5.99. The van der Waals surface area contributed by atoms with E-state index in [9.17, 15) is 22.8 Å². The van der Waals surface area contributed by atoms with Gasteiger partial charge in [-0.25, -0.2) is 0 Å². The predicted octanol–water partition coefficient (Wildman–Crippen LogP) is 1.46. The van der Waals surface area contributed by atoms with Crippen LogP contribution in [0.25, 0.3) is 0 Å². The number of unbranched alkanes of at least 4 members (excludes halogenated alkanes) is 1. The standard InChI is InChI=1S/C11H17F3N2O2/c1-2-8-10(18)15-7-9(17)16(8)6-4-3-5-11(12,13)14/h8H,2-7H2,1H3,(H,15,18). The van der Waals surface area contributed by atoms with Crippen molar-refractivity contribution in [3.8, 4) is 0 Å². The Morgan fingerprint density at radius 3 is 2.56 bits per heavy atom. The van der Waals surface area contributed by atoms with Crippen LogP contribution in [0.4, 0.5) is 13.2 Å². The van der Waals surface area contributed by atoms with Crippen LogP contribution in [-0.2, 0) is 9.59 Å². The van der Waals surface area contributed by atoms with Crippen LogP contribution < -0.4 is 5.32 Å². The highest BCUT2D eigenvalue weighted by Crippen LogP contribution is 2.22. The number of nitrogens with zero attached hydrogens (tertiary/aromatic N) is 1. The van der Waals surface area contributed by atoms with E-state index in [1.165, 1.54) is 4.90 Å². The number of carbonyl (C=O) groups excluding carboxylic acids is 2. The van der Waals surface area contributed by atoms with Gasteiger partial charge in [-0.2, -0.15) is 13.2 Å². The molecule has 1 saturated heterocycles. The van der Waals surface area contributed by atoms with E-state index in [4.69, 9.17) is 0 Å². The van der Waals surface area contributed by atoms with Crippen molar-refractivity contribution in [2.45, 2.75) is 44.8 Å². The van der Waals surface area contributed by atoms with Crippen LogP contribution >= 0.6 is 0 Å². The summed E-state index contributed by atoms with van der Waals surface area (Å²) in [4.78, 5) is 24.5. The molecule has 0 aromatic rings. The fourth-order valence-electron chi connectivity index (χ4n) is 1.99. The van der Waals surface area contributed by atoms with Crippen molar-refractivity contribution in [1.82, 2.24) is 10.2 Å². The van der Waals surface area contributed by atoms with Crippen molar-refractivity contribution in [2.75, 3.05) is 13.1 Å². The topological polar surface area (TPSA) is 49.4 Å². The molecule has 0 spiro atoms. The SMILES string of the molecule is CCC1C(=O)NCC(=O)N1CCCCC(F)(F)F. The van der Waals surface area contributed by atoms with Gasteiger partial charge in [0.15, 0.2) is 0 Å². The van der Waals surface area contributed by atoms with Crippen LogP contribution in [0.2, 0.25) is 0 Å². The first-order valence-electron chi connectivity index (χ1n) is 5.99. The molecule has 1 rings (SSSR count). The van der Waals surface area contributed by atoms with Crippen LogP contribution in [0.15, 0.2) is 0 Å². The molecule has 0 aromatic heterocycles. The quantitative estimate of drug-likeness (QED) is 0.766. The molecule has 4 nitrogen and oxygen atoms in total. The first kappa shape index (κ1) is 14.8. The average Bonchev–Trinajstić information content (AvgIpc) is 2.27. The van der Waals surface area contributed by atoms with E-state index in [0.29, 0.717) is 6.42 Å². The number of rotatable bonds is 5. The number of amides is 2. The second-order valence-electron chi connectivity index (χ2n) is 4.30. The smallest absolute Gasteiger partial charge is 0.345 e. The van der Waals surface area contributed by atoms with Gasteiger partial charge < -0.3 is 10.2 Å². The minimum absolute atomic E-state index is 0.0225. The van der Waals surface area contributed by atoms with Crippen molar-refractivity contribution in [1.29, 1.82) is 0 Å². The van der Waals surface area contributed by atoms with Crippen LogP contribution in [0, 0.1) is 0 Å². The Hall–Kier alpha value is -1.27. The summed E-state index contributed by atoms with van der Waals surface area (Å²) in [6.45, 7) is 1.92. The maximum atomic E-state index is 12.0. The van der Waals surface area contributed by atoms with Gasteiger partial charge in [-0.15, -0.1) is 0 Å². The van der Waals surface area contributed by atoms with Gasteiger partial charge in [0.05, 0.1) is 6.54 Å². The summed E-state index contributed by atoms with van der Waals surface area (Å²) in [5.41, 5.74) is 0. The molecule has 0 aliphatic carbocycles. The summed E-state index contributed by atoms with van der Waals surface area (Å²) in [6.07, 6.45) is -4.30. The van der Waals surface area contributed by atoms with Crippen molar-refractivity contribution < 1.29 is 22.8 Å². The summed E-state index contributed by atoms with van der Waals surface area (Å²) in [5.74, 6) is -0.457. The molecule has 1 atom stereocenters. The van der Waals surface area contributed by atoms with Gasteiger partial charge in [-0.1, -0.05) is 6.92 Å². The molecule has 1 heterocycles. The molecular formula is C11H17F3N2O2. The van der Waals surface area contributed by atoms with Gasteiger partial charge in [-0.3, -0.25) is 9.59 Å².